The first-order chi connectivity index (χ1) is 12.7. The van der Waals surface area contributed by atoms with Gasteiger partial charge in [-0.2, -0.15) is 0 Å². The highest BCUT2D eigenvalue weighted by Crippen LogP contribution is 2.32. The van der Waals surface area contributed by atoms with E-state index >= 15 is 0 Å². The molecule has 0 fully saturated rings. The van der Waals surface area contributed by atoms with Gasteiger partial charge in [0.25, 0.3) is 0 Å². The number of thiazole rings is 1. The van der Waals surface area contributed by atoms with Gasteiger partial charge in [0.1, 0.15) is 0 Å². The molecule has 1 N–H and O–H groups in total. The van der Waals surface area contributed by atoms with Gasteiger partial charge in [0.05, 0.1) is 32.2 Å². The van der Waals surface area contributed by atoms with Crippen LogP contribution in [0.5, 0.6) is 11.5 Å². The topological polar surface area (TPSA) is 56.0 Å². The lowest BCUT2D eigenvalue weighted by molar-refractivity contribution is 0.275. The predicted molar refractivity (Wildman–Crippen MR) is 105 cm³/mol. The van der Waals surface area contributed by atoms with Crippen LogP contribution in [0.1, 0.15) is 0 Å². The molecule has 0 aliphatic heterocycles. The van der Waals surface area contributed by atoms with Crippen LogP contribution in [-0.4, -0.2) is 30.5 Å². The first-order valence-corrected chi connectivity index (χ1v) is 9.24. The van der Waals surface area contributed by atoms with Crippen LogP contribution in [0.25, 0.3) is 11.3 Å². The first kappa shape index (κ1) is 18.5. The van der Waals surface area contributed by atoms with E-state index in [2.05, 4.69) is 4.99 Å². The van der Waals surface area contributed by atoms with Crippen molar-refractivity contribution in [3.05, 3.63) is 57.7 Å². The number of rotatable bonds is 6. The van der Waals surface area contributed by atoms with Crippen molar-refractivity contribution >= 4 is 28.6 Å². The monoisotopic (exact) mass is 390 g/mol. The number of hydrogen-bond acceptors (Lipinski definition) is 5. The van der Waals surface area contributed by atoms with Crippen molar-refractivity contribution in [3.8, 4) is 22.8 Å². The van der Waals surface area contributed by atoms with Crippen molar-refractivity contribution in [2.24, 2.45) is 4.99 Å². The van der Waals surface area contributed by atoms with Crippen molar-refractivity contribution in [2.45, 2.75) is 6.54 Å². The Morgan fingerprint density at radius 2 is 1.81 bits per heavy atom. The summed E-state index contributed by atoms with van der Waals surface area (Å²) in [5.74, 6) is 1.33. The van der Waals surface area contributed by atoms with E-state index in [1.54, 1.807) is 26.4 Å². The molecule has 0 spiro atoms. The summed E-state index contributed by atoms with van der Waals surface area (Å²) in [6.45, 7) is 0.463. The number of nitrogens with zero attached hydrogens (tertiary/aromatic N) is 2. The van der Waals surface area contributed by atoms with Gasteiger partial charge in [-0.05, 0) is 42.5 Å². The molecule has 0 unspecified atom stereocenters. The zero-order chi connectivity index (χ0) is 18.5. The molecule has 136 valence electrons. The van der Waals surface area contributed by atoms with Gasteiger partial charge in [-0.3, -0.25) is 0 Å². The van der Waals surface area contributed by atoms with Gasteiger partial charge in [-0.25, -0.2) is 4.99 Å². The zero-order valence-electron chi connectivity index (χ0n) is 14.5. The van der Waals surface area contributed by atoms with Gasteiger partial charge >= 0.3 is 0 Å². The van der Waals surface area contributed by atoms with Crippen molar-refractivity contribution < 1.29 is 14.6 Å². The maximum absolute atomic E-state index is 9.50. The molecule has 1 aromatic heterocycles. The molecule has 1 heterocycles. The zero-order valence-corrected chi connectivity index (χ0v) is 16.0. The van der Waals surface area contributed by atoms with E-state index in [0.717, 1.165) is 21.7 Å². The summed E-state index contributed by atoms with van der Waals surface area (Å²) in [7, 11) is 3.22. The molecule has 3 rings (SSSR count). The number of aliphatic hydroxyl groups excluding tert-OH is 1. The van der Waals surface area contributed by atoms with Crippen LogP contribution in [0, 0.1) is 0 Å². The Morgan fingerprint density at radius 3 is 2.46 bits per heavy atom. The lowest BCUT2D eigenvalue weighted by Gasteiger charge is -2.11. The third kappa shape index (κ3) is 3.93. The quantitative estimate of drug-likeness (QED) is 0.689. The fraction of sp³-hybridized carbons (Fsp3) is 0.211. The maximum Gasteiger partial charge on any atom is 0.190 e. The fourth-order valence-electron chi connectivity index (χ4n) is 2.59. The molecule has 7 heteroatoms. The SMILES string of the molecule is COc1ccc(-c2csc(=Nc3ccc(Cl)cc3)n2CCO)cc1OC. The smallest absolute Gasteiger partial charge is 0.190 e. The average molecular weight is 391 g/mol. The summed E-state index contributed by atoms with van der Waals surface area (Å²) in [5.41, 5.74) is 2.73. The summed E-state index contributed by atoms with van der Waals surface area (Å²) in [6, 6.07) is 13.1. The first-order valence-electron chi connectivity index (χ1n) is 7.98. The predicted octanol–water partition coefficient (Wildman–Crippen LogP) is 4.11. The van der Waals surface area contributed by atoms with Gasteiger partial charge in [-0.1, -0.05) is 11.6 Å². The van der Waals surface area contributed by atoms with E-state index in [1.807, 2.05) is 40.3 Å². The van der Waals surface area contributed by atoms with Gasteiger partial charge in [0, 0.05) is 22.5 Å². The van der Waals surface area contributed by atoms with Crippen LogP contribution in [0.15, 0.2) is 52.8 Å². The lowest BCUT2D eigenvalue weighted by Crippen LogP contribution is -2.17. The van der Waals surface area contributed by atoms with E-state index in [0.29, 0.717) is 23.1 Å². The molecule has 2 aromatic carbocycles. The number of halogens is 1. The summed E-state index contributed by atoms with van der Waals surface area (Å²) in [5, 5.41) is 12.2. The Hall–Kier alpha value is -2.28. The maximum atomic E-state index is 9.50. The summed E-state index contributed by atoms with van der Waals surface area (Å²) >= 11 is 7.45. The highest BCUT2D eigenvalue weighted by atomic mass is 35.5. The molecule has 0 saturated heterocycles. The molecule has 5 nitrogen and oxygen atoms in total. The molecule has 26 heavy (non-hydrogen) atoms. The molecule has 0 saturated carbocycles. The third-order valence-electron chi connectivity index (χ3n) is 3.85. The lowest BCUT2D eigenvalue weighted by atomic mass is 10.1. The van der Waals surface area contributed by atoms with E-state index in [1.165, 1.54) is 11.3 Å². The average Bonchev–Trinajstić information content (AvgIpc) is 3.05. The highest BCUT2D eigenvalue weighted by molar-refractivity contribution is 7.07. The Balaban J connectivity index is 2.09. The molecule has 0 amide bonds. The van der Waals surface area contributed by atoms with Crippen LogP contribution < -0.4 is 14.3 Å². The molecule has 0 bridgehead atoms. The van der Waals surface area contributed by atoms with Crippen LogP contribution in [0.4, 0.5) is 5.69 Å². The molecule has 0 radical (unpaired) electrons. The van der Waals surface area contributed by atoms with Crippen LogP contribution in [0.2, 0.25) is 5.02 Å². The van der Waals surface area contributed by atoms with E-state index in [4.69, 9.17) is 21.1 Å². The number of ether oxygens (including phenoxy) is 2. The summed E-state index contributed by atoms with van der Waals surface area (Å²) in [4.78, 5) is 5.48. The molecular weight excluding hydrogens is 372 g/mol. The summed E-state index contributed by atoms with van der Waals surface area (Å²) in [6.07, 6.45) is 0. The Labute approximate surface area is 160 Å². The van der Waals surface area contributed by atoms with Gasteiger partial charge < -0.3 is 19.1 Å². The number of hydrogen-bond donors (Lipinski definition) is 1. The van der Waals surface area contributed by atoms with Gasteiger partial charge in [0.15, 0.2) is 16.3 Å². The van der Waals surface area contributed by atoms with Crippen molar-refractivity contribution in [1.29, 1.82) is 0 Å². The minimum Gasteiger partial charge on any atom is -0.493 e. The Kier molecular flexibility index (Phi) is 5.98. The summed E-state index contributed by atoms with van der Waals surface area (Å²) < 4.78 is 12.7. The minimum atomic E-state index is 0.0187. The van der Waals surface area contributed by atoms with Crippen LogP contribution in [0.3, 0.4) is 0 Å². The van der Waals surface area contributed by atoms with Crippen molar-refractivity contribution in [1.82, 2.24) is 4.57 Å². The van der Waals surface area contributed by atoms with Gasteiger partial charge in [-0.15, -0.1) is 11.3 Å². The molecule has 0 aliphatic rings. The second kappa shape index (κ2) is 8.40. The molecule has 0 aliphatic carbocycles. The minimum absolute atomic E-state index is 0.0187. The molecule has 0 atom stereocenters. The van der Waals surface area contributed by atoms with E-state index in [-0.39, 0.29) is 6.61 Å². The normalized spacial score (nSPS) is 11.6. The Morgan fingerprint density at radius 1 is 1.08 bits per heavy atom. The number of benzene rings is 2. The van der Waals surface area contributed by atoms with Crippen LogP contribution in [-0.2, 0) is 6.54 Å². The standard InChI is InChI=1S/C19H19ClN2O3S/c1-24-17-8-3-13(11-18(17)25-2)16-12-26-19(22(16)9-10-23)21-15-6-4-14(20)5-7-15/h3-8,11-12,23H,9-10H2,1-2H3. The van der Waals surface area contributed by atoms with Gasteiger partial charge in [0.2, 0.25) is 0 Å². The van der Waals surface area contributed by atoms with E-state index in [9.17, 15) is 5.11 Å². The third-order valence-corrected chi connectivity index (χ3v) is 4.97. The number of methoxy groups -OCH3 is 2. The number of aliphatic hydroxyl groups is 1. The largest absolute Gasteiger partial charge is 0.493 e. The van der Waals surface area contributed by atoms with Crippen LogP contribution >= 0.6 is 22.9 Å². The fourth-order valence-corrected chi connectivity index (χ4v) is 3.67. The van der Waals surface area contributed by atoms with E-state index < -0.39 is 0 Å². The van der Waals surface area contributed by atoms with Crippen molar-refractivity contribution in [2.75, 3.05) is 20.8 Å². The van der Waals surface area contributed by atoms with Crippen molar-refractivity contribution in [3.63, 3.8) is 0 Å². The molecular formula is C19H19ClN2O3S. The number of aromatic nitrogens is 1. The molecule has 3 aromatic rings. The highest BCUT2D eigenvalue weighted by Gasteiger charge is 2.11. The second-order valence-electron chi connectivity index (χ2n) is 5.44. The Bertz CT molecular complexity index is 948. The second-order valence-corrected chi connectivity index (χ2v) is 6.71.